The van der Waals surface area contributed by atoms with Crippen molar-refractivity contribution in [2.75, 3.05) is 38.5 Å². The molecule has 25 heavy (non-hydrogen) atoms. The van der Waals surface area contributed by atoms with Gasteiger partial charge in [0.1, 0.15) is 0 Å². The summed E-state index contributed by atoms with van der Waals surface area (Å²) in [5.74, 6) is 0.0137. The average Bonchev–Trinajstić information content (AvgIpc) is 2.62. The second-order valence-electron chi connectivity index (χ2n) is 6.94. The van der Waals surface area contributed by atoms with Crippen molar-refractivity contribution < 1.29 is 9.59 Å². The first-order chi connectivity index (χ1) is 12.0. The largest absolute Gasteiger partial charge is 0.339 e. The monoisotopic (exact) mass is 344 g/mol. The van der Waals surface area contributed by atoms with Gasteiger partial charge in [0.25, 0.3) is 5.91 Å². The minimum absolute atomic E-state index is 0.0137. The van der Waals surface area contributed by atoms with E-state index in [1.54, 1.807) is 4.90 Å². The molecule has 0 radical (unpaired) electrons. The lowest BCUT2D eigenvalue weighted by molar-refractivity contribution is 0.0773. The Kier molecular flexibility index (Phi) is 5.27. The van der Waals surface area contributed by atoms with Crippen molar-refractivity contribution in [3.05, 3.63) is 29.3 Å². The fraction of sp³-hybridized carbons (Fsp3) is 0.579. The van der Waals surface area contributed by atoms with Crippen LogP contribution in [0.15, 0.2) is 18.2 Å². The van der Waals surface area contributed by atoms with Crippen LogP contribution in [0.5, 0.6) is 0 Å². The maximum atomic E-state index is 12.6. The van der Waals surface area contributed by atoms with Gasteiger partial charge in [-0.3, -0.25) is 4.79 Å². The number of fused-ring (bicyclic) bond motifs is 1. The number of hydrogen-bond donors (Lipinski definition) is 1. The zero-order valence-corrected chi connectivity index (χ0v) is 15.4. The molecule has 1 N–H and O–H groups in total. The molecule has 0 aliphatic carbocycles. The van der Waals surface area contributed by atoms with Crippen LogP contribution >= 0.6 is 0 Å². The van der Waals surface area contributed by atoms with E-state index in [4.69, 9.17) is 0 Å². The normalized spacial score (nSPS) is 18.7. The van der Waals surface area contributed by atoms with Gasteiger partial charge in [-0.05, 0) is 64.5 Å². The molecule has 1 saturated heterocycles. The number of rotatable bonds is 4. The van der Waals surface area contributed by atoms with Crippen molar-refractivity contribution in [2.24, 2.45) is 0 Å². The minimum Gasteiger partial charge on any atom is -0.339 e. The molecule has 3 amide bonds. The highest BCUT2D eigenvalue weighted by Gasteiger charge is 2.31. The Hall–Kier alpha value is -2.08. The van der Waals surface area contributed by atoms with E-state index >= 15 is 0 Å². The lowest BCUT2D eigenvalue weighted by Gasteiger charge is -2.39. The molecule has 6 nitrogen and oxygen atoms in total. The molecule has 1 aromatic carbocycles. The number of amides is 3. The molecule has 1 fully saturated rings. The maximum Gasteiger partial charge on any atom is 0.322 e. The molecule has 0 aromatic heterocycles. The van der Waals surface area contributed by atoms with Crippen molar-refractivity contribution in [1.82, 2.24) is 14.7 Å². The summed E-state index contributed by atoms with van der Waals surface area (Å²) in [5, 5.41) is 2.99. The predicted molar refractivity (Wildman–Crippen MR) is 98.8 cm³/mol. The third-order valence-electron chi connectivity index (χ3n) is 5.38. The van der Waals surface area contributed by atoms with Crippen molar-refractivity contribution in [3.8, 4) is 0 Å². The summed E-state index contributed by atoms with van der Waals surface area (Å²) >= 11 is 0. The summed E-state index contributed by atoms with van der Waals surface area (Å²) in [6, 6.07) is 5.92. The third kappa shape index (κ3) is 3.63. The lowest BCUT2D eigenvalue weighted by Crippen LogP contribution is -2.49. The Labute approximate surface area is 149 Å². The second-order valence-corrected chi connectivity index (χ2v) is 6.94. The van der Waals surface area contributed by atoms with E-state index in [0.717, 1.165) is 37.2 Å². The topological polar surface area (TPSA) is 55.9 Å². The smallest absolute Gasteiger partial charge is 0.322 e. The molecule has 6 heteroatoms. The number of anilines is 1. The van der Waals surface area contributed by atoms with Gasteiger partial charge in [-0.2, -0.15) is 0 Å². The van der Waals surface area contributed by atoms with Crippen molar-refractivity contribution in [3.63, 3.8) is 0 Å². The van der Waals surface area contributed by atoms with Gasteiger partial charge in [0.15, 0.2) is 0 Å². The first kappa shape index (κ1) is 17.7. The Bertz CT molecular complexity index is 649. The summed E-state index contributed by atoms with van der Waals surface area (Å²) in [6.07, 6.45) is 2.02. The molecule has 0 spiro atoms. The Morgan fingerprint density at radius 1 is 1.24 bits per heavy atom. The highest BCUT2D eigenvalue weighted by Crippen LogP contribution is 2.28. The minimum atomic E-state index is -0.0468. The SMILES string of the molecule is CCN(CC)C(=O)c1ccc2c(c1)NC(=O)N(C1CCN(C)CC1)C2. The molecule has 136 valence electrons. The van der Waals surface area contributed by atoms with Crippen LogP contribution in [0.4, 0.5) is 10.5 Å². The molecule has 2 aliphatic heterocycles. The number of piperidine rings is 1. The van der Waals surface area contributed by atoms with Gasteiger partial charge in [-0.25, -0.2) is 4.79 Å². The van der Waals surface area contributed by atoms with Crippen molar-refractivity contribution in [2.45, 2.75) is 39.3 Å². The highest BCUT2D eigenvalue weighted by atomic mass is 16.2. The number of hydrogen-bond acceptors (Lipinski definition) is 3. The van der Waals surface area contributed by atoms with E-state index in [0.29, 0.717) is 31.2 Å². The molecule has 0 atom stereocenters. The van der Waals surface area contributed by atoms with Gasteiger partial charge in [-0.15, -0.1) is 0 Å². The van der Waals surface area contributed by atoms with Crippen LogP contribution in [0.3, 0.4) is 0 Å². The molecular formula is C19H28N4O2. The molecule has 0 unspecified atom stereocenters. The average molecular weight is 344 g/mol. The van der Waals surface area contributed by atoms with Crippen molar-refractivity contribution in [1.29, 1.82) is 0 Å². The summed E-state index contributed by atoms with van der Waals surface area (Å²) in [7, 11) is 2.12. The quantitative estimate of drug-likeness (QED) is 0.913. The Morgan fingerprint density at radius 3 is 2.56 bits per heavy atom. The summed E-state index contributed by atoms with van der Waals surface area (Å²) in [4.78, 5) is 31.1. The number of carbonyl (C=O) groups excluding carboxylic acids is 2. The van der Waals surface area contributed by atoms with Gasteiger partial charge >= 0.3 is 6.03 Å². The van der Waals surface area contributed by atoms with E-state index in [2.05, 4.69) is 17.3 Å². The van der Waals surface area contributed by atoms with Crippen LogP contribution in [-0.4, -0.2) is 65.9 Å². The van der Waals surface area contributed by atoms with Crippen molar-refractivity contribution >= 4 is 17.6 Å². The second kappa shape index (κ2) is 7.44. The van der Waals surface area contributed by atoms with Crippen LogP contribution in [-0.2, 0) is 6.54 Å². The first-order valence-corrected chi connectivity index (χ1v) is 9.21. The number of nitrogens with one attached hydrogen (secondary N) is 1. The number of urea groups is 1. The molecule has 2 aliphatic rings. The number of benzene rings is 1. The summed E-state index contributed by atoms with van der Waals surface area (Å²) in [6.45, 7) is 7.99. The molecule has 1 aromatic rings. The number of carbonyl (C=O) groups is 2. The summed E-state index contributed by atoms with van der Waals surface area (Å²) < 4.78 is 0. The molecule has 3 rings (SSSR count). The van der Waals surface area contributed by atoms with E-state index in [1.807, 2.05) is 36.9 Å². The maximum absolute atomic E-state index is 12.6. The van der Waals surface area contributed by atoms with Crippen LogP contribution in [0, 0.1) is 0 Å². The summed E-state index contributed by atoms with van der Waals surface area (Å²) in [5.41, 5.74) is 2.48. The fourth-order valence-corrected chi connectivity index (χ4v) is 3.70. The Balaban J connectivity index is 1.76. The number of likely N-dealkylation sites (tertiary alicyclic amines) is 1. The van der Waals surface area contributed by atoms with Gasteiger partial charge in [-0.1, -0.05) is 6.07 Å². The van der Waals surface area contributed by atoms with Gasteiger partial charge in [0.05, 0.1) is 0 Å². The molecule has 0 bridgehead atoms. The Morgan fingerprint density at radius 2 is 1.92 bits per heavy atom. The zero-order valence-electron chi connectivity index (χ0n) is 15.4. The highest BCUT2D eigenvalue weighted by molar-refractivity contribution is 5.98. The lowest BCUT2D eigenvalue weighted by atomic mass is 10.0. The molecular weight excluding hydrogens is 316 g/mol. The van der Waals surface area contributed by atoms with E-state index in [-0.39, 0.29) is 11.9 Å². The third-order valence-corrected chi connectivity index (χ3v) is 5.38. The fourth-order valence-electron chi connectivity index (χ4n) is 3.70. The standard InChI is InChI=1S/C19H28N4O2/c1-4-22(5-2)18(24)14-6-7-15-13-23(19(25)20-17(15)12-14)16-8-10-21(3)11-9-16/h6-7,12,16H,4-5,8-11,13H2,1-3H3,(H,20,25). The number of nitrogens with zero attached hydrogens (tertiary/aromatic N) is 3. The van der Waals surface area contributed by atoms with Gasteiger partial charge in [0, 0.05) is 36.9 Å². The van der Waals surface area contributed by atoms with Gasteiger partial charge < -0.3 is 20.0 Å². The zero-order chi connectivity index (χ0) is 18.0. The van der Waals surface area contributed by atoms with Crippen LogP contribution in [0.2, 0.25) is 0 Å². The van der Waals surface area contributed by atoms with E-state index in [9.17, 15) is 9.59 Å². The van der Waals surface area contributed by atoms with E-state index < -0.39 is 0 Å². The van der Waals surface area contributed by atoms with Crippen LogP contribution in [0.1, 0.15) is 42.6 Å². The molecule has 0 saturated carbocycles. The first-order valence-electron chi connectivity index (χ1n) is 9.21. The van der Waals surface area contributed by atoms with Crippen LogP contribution < -0.4 is 5.32 Å². The van der Waals surface area contributed by atoms with Gasteiger partial charge in [0.2, 0.25) is 0 Å². The van der Waals surface area contributed by atoms with E-state index in [1.165, 1.54) is 0 Å². The van der Waals surface area contributed by atoms with Crippen LogP contribution in [0.25, 0.3) is 0 Å². The molecule has 2 heterocycles. The predicted octanol–water partition coefficient (Wildman–Crippen LogP) is 2.61.